The van der Waals surface area contributed by atoms with E-state index in [1.165, 1.54) is 11.3 Å². The largest absolute Gasteiger partial charge is 0.370 e. The molecule has 0 spiro atoms. The van der Waals surface area contributed by atoms with Gasteiger partial charge in [0.15, 0.2) is 11.1 Å². The molecule has 0 unspecified atom stereocenters. The average molecular weight is 471 g/mol. The van der Waals surface area contributed by atoms with Crippen LogP contribution in [-0.4, -0.2) is 23.9 Å². The number of para-hydroxylation sites is 1. The summed E-state index contributed by atoms with van der Waals surface area (Å²) in [6.07, 6.45) is 0. The van der Waals surface area contributed by atoms with Crippen LogP contribution in [0.2, 0.25) is 0 Å². The third kappa shape index (κ3) is 5.60. The zero-order valence-electron chi connectivity index (χ0n) is 19.0. The molecule has 8 heteroatoms. The van der Waals surface area contributed by atoms with Gasteiger partial charge in [0.2, 0.25) is 0 Å². The summed E-state index contributed by atoms with van der Waals surface area (Å²) < 4.78 is 0. The maximum Gasteiger partial charge on any atom is 0.255 e. The zero-order chi connectivity index (χ0) is 24.1. The van der Waals surface area contributed by atoms with Gasteiger partial charge in [0.25, 0.3) is 5.91 Å². The number of nitrogens with two attached hydrogens (primary N) is 1. The molecule has 7 nitrogen and oxygen atoms in total. The fourth-order valence-corrected chi connectivity index (χ4v) is 4.53. The Balaban J connectivity index is 1.38. The molecule has 5 N–H and O–H groups in total. The van der Waals surface area contributed by atoms with E-state index in [-0.39, 0.29) is 11.9 Å². The molecule has 0 saturated carbocycles. The SMILES string of the molecule is Cc1nc(NC(=N)N)sc1-c1ccc(NC(=O)c2ccc(CN(C)c3ccccc3)cc2)cc1. The highest BCUT2D eigenvalue weighted by Gasteiger charge is 2.11. The number of guanidine groups is 1. The highest BCUT2D eigenvalue weighted by molar-refractivity contribution is 7.19. The Hall–Kier alpha value is -4.17. The van der Waals surface area contributed by atoms with Crippen molar-refractivity contribution in [2.45, 2.75) is 13.5 Å². The molecule has 0 aliphatic carbocycles. The molecule has 4 rings (SSSR count). The number of carbonyl (C=O) groups excluding carboxylic acids is 1. The number of nitrogens with one attached hydrogen (secondary N) is 3. The number of hydrogen-bond donors (Lipinski definition) is 4. The van der Waals surface area contributed by atoms with E-state index in [0.29, 0.717) is 16.4 Å². The molecule has 1 amide bonds. The van der Waals surface area contributed by atoms with E-state index in [0.717, 1.165) is 33.9 Å². The van der Waals surface area contributed by atoms with Crippen LogP contribution in [0.15, 0.2) is 78.9 Å². The first-order chi connectivity index (χ1) is 16.4. The number of anilines is 3. The summed E-state index contributed by atoms with van der Waals surface area (Å²) in [4.78, 5) is 20.3. The van der Waals surface area contributed by atoms with Gasteiger partial charge in [-0.1, -0.05) is 53.8 Å². The summed E-state index contributed by atoms with van der Waals surface area (Å²) in [7, 11) is 2.05. The maximum absolute atomic E-state index is 12.7. The van der Waals surface area contributed by atoms with E-state index in [9.17, 15) is 4.79 Å². The Kier molecular flexibility index (Phi) is 6.89. The van der Waals surface area contributed by atoms with Crippen molar-refractivity contribution in [3.63, 3.8) is 0 Å². The molecular weight excluding hydrogens is 444 g/mol. The third-order valence-electron chi connectivity index (χ3n) is 5.28. The quantitative estimate of drug-likeness (QED) is 0.216. The lowest BCUT2D eigenvalue weighted by molar-refractivity contribution is 0.102. The second kappa shape index (κ2) is 10.2. The number of hydrogen-bond acceptors (Lipinski definition) is 5. The summed E-state index contributed by atoms with van der Waals surface area (Å²) in [5.41, 5.74) is 10.8. The monoisotopic (exact) mass is 470 g/mol. The van der Waals surface area contributed by atoms with Crippen LogP contribution in [0.1, 0.15) is 21.6 Å². The minimum absolute atomic E-state index is 0.144. The first-order valence-electron chi connectivity index (χ1n) is 10.7. The van der Waals surface area contributed by atoms with Crippen molar-refractivity contribution in [2.75, 3.05) is 22.6 Å². The molecule has 0 atom stereocenters. The summed E-state index contributed by atoms with van der Waals surface area (Å²) in [5.74, 6) is -0.299. The van der Waals surface area contributed by atoms with Crippen molar-refractivity contribution in [1.29, 1.82) is 5.41 Å². The Labute approximate surface area is 202 Å². The van der Waals surface area contributed by atoms with Crippen molar-refractivity contribution < 1.29 is 4.79 Å². The normalized spacial score (nSPS) is 10.5. The Morgan fingerprint density at radius 2 is 1.68 bits per heavy atom. The van der Waals surface area contributed by atoms with Crippen molar-refractivity contribution in [2.24, 2.45) is 5.73 Å². The molecule has 34 heavy (non-hydrogen) atoms. The summed E-state index contributed by atoms with van der Waals surface area (Å²) in [6, 6.07) is 25.5. The van der Waals surface area contributed by atoms with Crippen LogP contribution in [0.5, 0.6) is 0 Å². The number of amides is 1. The van der Waals surface area contributed by atoms with Crippen molar-refractivity contribution >= 4 is 39.7 Å². The predicted octanol–water partition coefficient (Wildman–Crippen LogP) is 5.31. The first kappa shape index (κ1) is 23.0. The number of carbonyl (C=O) groups is 1. The molecule has 0 radical (unpaired) electrons. The van der Waals surface area contributed by atoms with Crippen LogP contribution in [0.3, 0.4) is 0 Å². The van der Waals surface area contributed by atoms with Gasteiger partial charge in [-0.05, 0) is 54.4 Å². The van der Waals surface area contributed by atoms with E-state index in [4.69, 9.17) is 11.1 Å². The van der Waals surface area contributed by atoms with Crippen LogP contribution in [0.25, 0.3) is 10.4 Å². The number of rotatable bonds is 7. The lowest BCUT2D eigenvalue weighted by Crippen LogP contribution is -2.20. The molecule has 1 heterocycles. The second-order valence-electron chi connectivity index (χ2n) is 7.89. The average Bonchev–Trinajstić information content (AvgIpc) is 3.19. The molecule has 0 bridgehead atoms. The van der Waals surface area contributed by atoms with Gasteiger partial charge in [-0.3, -0.25) is 10.2 Å². The second-order valence-corrected chi connectivity index (χ2v) is 8.89. The van der Waals surface area contributed by atoms with Crippen LogP contribution >= 0.6 is 11.3 Å². The molecule has 0 fully saturated rings. The Morgan fingerprint density at radius 3 is 2.32 bits per heavy atom. The van der Waals surface area contributed by atoms with E-state index < -0.39 is 0 Å². The Morgan fingerprint density at radius 1 is 1.00 bits per heavy atom. The number of nitrogens with zero attached hydrogens (tertiary/aromatic N) is 2. The number of aryl methyl sites for hydroxylation is 1. The van der Waals surface area contributed by atoms with Gasteiger partial charge in [-0.2, -0.15) is 0 Å². The van der Waals surface area contributed by atoms with Gasteiger partial charge < -0.3 is 21.3 Å². The molecular formula is C26H26N6OS. The first-order valence-corrected chi connectivity index (χ1v) is 11.6. The van der Waals surface area contributed by atoms with E-state index in [1.54, 1.807) is 0 Å². The highest BCUT2D eigenvalue weighted by atomic mass is 32.1. The van der Waals surface area contributed by atoms with Gasteiger partial charge in [0.05, 0.1) is 10.6 Å². The molecule has 4 aromatic rings. The molecule has 0 aliphatic heterocycles. The van der Waals surface area contributed by atoms with Crippen molar-refractivity contribution in [1.82, 2.24) is 4.98 Å². The smallest absolute Gasteiger partial charge is 0.255 e. The van der Waals surface area contributed by atoms with Crippen LogP contribution in [0.4, 0.5) is 16.5 Å². The molecule has 172 valence electrons. The third-order valence-corrected chi connectivity index (χ3v) is 6.40. The Bertz CT molecular complexity index is 1280. The topological polar surface area (TPSA) is 107 Å². The molecule has 0 aliphatic rings. The lowest BCUT2D eigenvalue weighted by atomic mass is 10.1. The van der Waals surface area contributed by atoms with Crippen LogP contribution in [0, 0.1) is 12.3 Å². The van der Waals surface area contributed by atoms with Crippen LogP contribution < -0.4 is 21.3 Å². The maximum atomic E-state index is 12.7. The summed E-state index contributed by atoms with van der Waals surface area (Å²) in [6.45, 7) is 2.67. The van der Waals surface area contributed by atoms with E-state index >= 15 is 0 Å². The number of thiazole rings is 1. The molecule has 0 saturated heterocycles. The molecule has 1 aromatic heterocycles. The zero-order valence-corrected chi connectivity index (χ0v) is 19.8. The van der Waals surface area contributed by atoms with Gasteiger partial charge in [0.1, 0.15) is 0 Å². The predicted molar refractivity (Wildman–Crippen MR) is 141 cm³/mol. The van der Waals surface area contributed by atoms with E-state index in [2.05, 4.69) is 32.7 Å². The minimum atomic E-state index is -0.155. The van der Waals surface area contributed by atoms with Gasteiger partial charge in [-0.15, -0.1) is 0 Å². The van der Waals surface area contributed by atoms with Crippen LogP contribution in [-0.2, 0) is 6.54 Å². The number of aromatic nitrogens is 1. The van der Waals surface area contributed by atoms with Gasteiger partial charge in [0, 0.05) is 30.5 Å². The standard InChI is InChI=1S/C26H26N6OS/c1-17-23(34-26(29-17)31-25(27)28)19-12-14-21(15-13-19)30-24(33)20-10-8-18(9-11-20)16-32(2)22-6-4-3-5-7-22/h3-15H,16H2,1-2H3,(H,30,33)(H4,27,28,29,31). The summed E-state index contributed by atoms with van der Waals surface area (Å²) in [5, 5.41) is 13.6. The van der Waals surface area contributed by atoms with Gasteiger partial charge >= 0.3 is 0 Å². The highest BCUT2D eigenvalue weighted by Crippen LogP contribution is 2.33. The summed E-state index contributed by atoms with van der Waals surface area (Å²) >= 11 is 1.43. The van der Waals surface area contributed by atoms with Crippen molar-refractivity contribution in [3.8, 4) is 10.4 Å². The van der Waals surface area contributed by atoms with Crippen molar-refractivity contribution in [3.05, 3.63) is 95.7 Å². The fourth-order valence-electron chi connectivity index (χ4n) is 3.55. The fraction of sp³-hybridized carbons (Fsp3) is 0.115. The molecule has 3 aromatic carbocycles. The minimum Gasteiger partial charge on any atom is -0.370 e. The number of benzene rings is 3. The van der Waals surface area contributed by atoms with Gasteiger partial charge in [-0.25, -0.2) is 4.98 Å². The lowest BCUT2D eigenvalue weighted by Gasteiger charge is -2.19. The van der Waals surface area contributed by atoms with E-state index in [1.807, 2.05) is 80.7 Å².